The number of aryl methyl sites for hydroxylation is 1. The lowest BCUT2D eigenvalue weighted by Gasteiger charge is -2.22. The van der Waals surface area contributed by atoms with Crippen molar-refractivity contribution in [1.29, 1.82) is 0 Å². The zero-order valence-electron chi connectivity index (χ0n) is 13.4. The molecule has 2 nitrogen and oxygen atoms in total. The monoisotopic (exact) mass is 339 g/mol. The molecule has 0 heterocycles. The molecule has 0 fully saturated rings. The largest absolute Gasteiger partial charge is 0.489 e. The molecule has 3 heteroatoms. The highest BCUT2D eigenvalue weighted by Gasteiger charge is 2.13. The average Bonchev–Trinajstić information content (AvgIpc) is 2.27. The Morgan fingerprint density at radius 2 is 1.95 bits per heavy atom. The molecule has 0 bridgehead atoms. The fourth-order valence-corrected chi connectivity index (χ4v) is 2.41. The second-order valence-electron chi connectivity index (χ2n) is 6.41. The van der Waals surface area contributed by atoms with Gasteiger partial charge >= 0.3 is 0 Å². The maximum atomic E-state index is 5.96. The van der Waals surface area contributed by atoms with Crippen molar-refractivity contribution >= 4 is 15.9 Å². The van der Waals surface area contributed by atoms with E-state index in [2.05, 4.69) is 81.0 Å². The van der Waals surface area contributed by atoms with Crippen molar-refractivity contribution in [3.05, 3.63) is 39.4 Å². The second-order valence-corrected chi connectivity index (χ2v) is 7.32. The Bertz CT molecular complexity index is 482. The van der Waals surface area contributed by atoms with Gasteiger partial charge in [0.25, 0.3) is 0 Å². The Labute approximate surface area is 131 Å². The van der Waals surface area contributed by atoms with Gasteiger partial charge in [-0.05, 0) is 65.3 Å². The van der Waals surface area contributed by atoms with Crippen molar-refractivity contribution in [2.45, 2.75) is 53.6 Å². The minimum atomic E-state index is 0.0907. The number of nitrogens with one attached hydrogen (secondary N) is 1. The van der Waals surface area contributed by atoms with Gasteiger partial charge in [0.1, 0.15) is 12.4 Å². The summed E-state index contributed by atoms with van der Waals surface area (Å²) in [6.07, 6.45) is 2.10. The van der Waals surface area contributed by atoms with Crippen molar-refractivity contribution in [3.63, 3.8) is 0 Å². The summed E-state index contributed by atoms with van der Waals surface area (Å²) in [6.45, 7) is 14.2. The van der Waals surface area contributed by atoms with Crippen molar-refractivity contribution in [1.82, 2.24) is 5.32 Å². The van der Waals surface area contributed by atoms with Crippen LogP contribution in [0.25, 0.3) is 0 Å². The molecule has 0 aromatic heterocycles. The highest BCUT2D eigenvalue weighted by molar-refractivity contribution is 9.10. The van der Waals surface area contributed by atoms with E-state index in [-0.39, 0.29) is 5.54 Å². The van der Waals surface area contributed by atoms with Crippen LogP contribution in [-0.4, -0.2) is 12.1 Å². The van der Waals surface area contributed by atoms with Crippen molar-refractivity contribution in [3.8, 4) is 5.75 Å². The summed E-state index contributed by atoms with van der Waals surface area (Å²) >= 11 is 3.56. The van der Waals surface area contributed by atoms with E-state index in [0.29, 0.717) is 6.61 Å². The van der Waals surface area contributed by atoms with E-state index in [9.17, 15) is 0 Å². The highest BCUT2D eigenvalue weighted by atomic mass is 79.9. The lowest BCUT2D eigenvalue weighted by Crippen LogP contribution is -2.35. The predicted octanol–water partition coefficient (Wildman–Crippen LogP) is 4.99. The third-order valence-electron chi connectivity index (χ3n) is 2.84. The van der Waals surface area contributed by atoms with Crippen molar-refractivity contribution < 1.29 is 4.74 Å². The summed E-state index contributed by atoms with van der Waals surface area (Å²) in [7, 11) is 0. The molecular formula is C17H26BrNO. The van der Waals surface area contributed by atoms with Gasteiger partial charge < -0.3 is 10.1 Å². The van der Waals surface area contributed by atoms with Crippen LogP contribution in [0.5, 0.6) is 5.75 Å². The van der Waals surface area contributed by atoms with Gasteiger partial charge in [-0.15, -0.1) is 0 Å². The molecule has 0 aliphatic carbocycles. The van der Waals surface area contributed by atoms with Gasteiger partial charge in [-0.3, -0.25) is 0 Å². The Morgan fingerprint density at radius 1 is 1.30 bits per heavy atom. The van der Waals surface area contributed by atoms with E-state index in [1.54, 1.807) is 0 Å². The normalized spacial score (nSPS) is 11.3. The minimum absolute atomic E-state index is 0.0907. The minimum Gasteiger partial charge on any atom is -0.489 e. The number of hydrogen-bond acceptors (Lipinski definition) is 2. The predicted molar refractivity (Wildman–Crippen MR) is 90.4 cm³/mol. The van der Waals surface area contributed by atoms with Crippen LogP contribution in [0.4, 0.5) is 0 Å². The van der Waals surface area contributed by atoms with Crippen molar-refractivity contribution in [2.24, 2.45) is 0 Å². The van der Waals surface area contributed by atoms with Crippen LogP contribution in [0.1, 0.15) is 45.7 Å². The van der Waals surface area contributed by atoms with Gasteiger partial charge in [0, 0.05) is 22.1 Å². The molecule has 1 aromatic carbocycles. The summed E-state index contributed by atoms with van der Waals surface area (Å²) in [6, 6.07) is 4.22. The Kier molecular flexibility index (Phi) is 6.28. The number of allylic oxidation sites excluding steroid dienone is 1. The quantitative estimate of drug-likeness (QED) is 0.763. The summed E-state index contributed by atoms with van der Waals surface area (Å²) < 4.78 is 7.05. The number of halogens is 1. The van der Waals surface area contributed by atoms with E-state index in [1.165, 1.54) is 11.1 Å². The van der Waals surface area contributed by atoms with E-state index in [1.807, 2.05) is 0 Å². The fraction of sp³-hybridized carbons (Fsp3) is 0.529. The molecule has 0 saturated heterocycles. The Balaban J connectivity index is 2.92. The fourth-order valence-electron chi connectivity index (χ4n) is 1.79. The zero-order chi connectivity index (χ0) is 15.3. The maximum Gasteiger partial charge on any atom is 0.127 e. The molecule has 112 valence electrons. The average molecular weight is 340 g/mol. The van der Waals surface area contributed by atoms with Gasteiger partial charge in [-0.25, -0.2) is 0 Å². The number of hydrogen-bond donors (Lipinski definition) is 1. The molecule has 0 spiro atoms. The van der Waals surface area contributed by atoms with Gasteiger partial charge in [0.2, 0.25) is 0 Å². The standard InChI is InChI=1S/C17H26BrNO/c1-12(2)7-8-20-16-13(3)9-15(18)10-14(16)11-19-17(4,5)6/h7,9-10,19H,8,11H2,1-6H3. The van der Waals surface area contributed by atoms with Crippen LogP contribution in [0.2, 0.25) is 0 Å². The van der Waals surface area contributed by atoms with E-state index in [0.717, 1.165) is 22.3 Å². The van der Waals surface area contributed by atoms with E-state index >= 15 is 0 Å². The number of rotatable bonds is 5. The first-order chi connectivity index (χ1) is 9.19. The molecule has 0 radical (unpaired) electrons. The smallest absolute Gasteiger partial charge is 0.127 e. The first kappa shape index (κ1) is 17.3. The third kappa shape index (κ3) is 6.10. The SMILES string of the molecule is CC(C)=CCOc1c(C)cc(Br)cc1CNC(C)(C)C. The van der Waals surface area contributed by atoms with Crippen LogP contribution < -0.4 is 10.1 Å². The maximum absolute atomic E-state index is 5.96. The topological polar surface area (TPSA) is 21.3 Å². The van der Waals surface area contributed by atoms with E-state index < -0.39 is 0 Å². The van der Waals surface area contributed by atoms with Crippen LogP contribution in [-0.2, 0) is 6.54 Å². The van der Waals surface area contributed by atoms with Gasteiger partial charge in [0.15, 0.2) is 0 Å². The summed E-state index contributed by atoms with van der Waals surface area (Å²) in [5.74, 6) is 0.988. The highest BCUT2D eigenvalue weighted by Crippen LogP contribution is 2.28. The van der Waals surface area contributed by atoms with Crippen LogP contribution >= 0.6 is 15.9 Å². The molecule has 0 saturated carbocycles. The molecule has 20 heavy (non-hydrogen) atoms. The number of benzene rings is 1. The molecular weight excluding hydrogens is 314 g/mol. The van der Waals surface area contributed by atoms with Crippen LogP contribution in [0.15, 0.2) is 28.3 Å². The van der Waals surface area contributed by atoms with Crippen LogP contribution in [0, 0.1) is 6.92 Å². The molecule has 0 aliphatic heterocycles. The molecule has 0 amide bonds. The second kappa shape index (κ2) is 7.28. The molecule has 1 aromatic rings. The van der Waals surface area contributed by atoms with Crippen molar-refractivity contribution in [2.75, 3.05) is 6.61 Å². The summed E-state index contributed by atoms with van der Waals surface area (Å²) in [5.41, 5.74) is 3.71. The molecule has 1 rings (SSSR count). The van der Waals surface area contributed by atoms with Gasteiger partial charge in [-0.2, -0.15) is 0 Å². The Morgan fingerprint density at radius 3 is 2.50 bits per heavy atom. The molecule has 0 atom stereocenters. The van der Waals surface area contributed by atoms with Gasteiger partial charge in [0.05, 0.1) is 0 Å². The first-order valence-corrected chi connectivity index (χ1v) is 7.78. The zero-order valence-corrected chi connectivity index (χ0v) is 15.0. The van der Waals surface area contributed by atoms with Gasteiger partial charge in [-0.1, -0.05) is 21.5 Å². The van der Waals surface area contributed by atoms with E-state index in [4.69, 9.17) is 4.74 Å². The first-order valence-electron chi connectivity index (χ1n) is 6.99. The number of ether oxygens (including phenoxy) is 1. The molecule has 0 unspecified atom stereocenters. The molecule has 1 N–H and O–H groups in total. The lowest BCUT2D eigenvalue weighted by atomic mass is 10.1. The Hall–Kier alpha value is -0.800. The summed E-state index contributed by atoms with van der Waals surface area (Å²) in [4.78, 5) is 0. The van der Waals surface area contributed by atoms with Crippen LogP contribution in [0.3, 0.4) is 0 Å². The third-order valence-corrected chi connectivity index (χ3v) is 3.30. The lowest BCUT2D eigenvalue weighted by molar-refractivity contribution is 0.349. The summed E-state index contributed by atoms with van der Waals surface area (Å²) in [5, 5.41) is 3.52. The molecule has 0 aliphatic rings.